The standard InChI is InChI=1S/C18H26N6/c1-15-11-19-6-5-17(15)21-8-7-20-12-16-13-22-18(23-14-16)24-9-3-2-4-10-24/h5-6,11,13-14,20H,2-4,7-10,12H2,1H3,(H,19,21). The second-order valence-electron chi connectivity index (χ2n) is 6.23. The first kappa shape index (κ1) is 16.6. The number of hydrogen-bond acceptors (Lipinski definition) is 6. The van der Waals surface area contributed by atoms with Crippen LogP contribution in [0.5, 0.6) is 0 Å². The van der Waals surface area contributed by atoms with E-state index in [-0.39, 0.29) is 0 Å². The van der Waals surface area contributed by atoms with Crippen molar-refractivity contribution in [3.63, 3.8) is 0 Å². The summed E-state index contributed by atoms with van der Waals surface area (Å²) in [6.45, 7) is 6.77. The molecule has 0 atom stereocenters. The molecule has 0 bridgehead atoms. The Morgan fingerprint density at radius 2 is 1.83 bits per heavy atom. The van der Waals surface area contributed by atoms with Gasteiger partial charge >= 0.3 is 0 Å². The van der Waals surface area contributed by atoms with Crippen LogP contribution in [0.4, 0.5) is 11.6 Å². The van der Waals surface area contributed by atoms with E-state index in [4.69, 9.17) is 0 Å². The first-order valence-corrected chi connectivity index (χ1v) is 8.74. The predicted molar refractivity (Wildman–Crippen MR) is 97.3 cm³/mol. The zero-order valence-electron chi connectivity index (χ0n) is 14.3. The maximum atomic E-state index is 4.51. The van der Waals surface area contributed by atoms with E-state index in [2.05, 4.69) is 37.4 Å². The molecule has 0 radical (unpaired) electrons. The number of rotatable bonds is 7. The molecule has 0 spiro atoms. The third-order valence-electron chi connectivity index (χ3n) is 4.30. The number of aryl methyl sites for hydroxylation is 1. The van der Waals surface area contributed by atoms with Gasteiger partial charge in [0.15, 0.2) is 0 Å². The van der Waals surface area contributed by atoms with Gasteiger partial charge in [0, 0.05) is 68.8 Å². The molecule has 3 rings (SSSR count). The fraction of sp³-hybridized carbons (Fsp3) is 0.500. The fourth-order valence-electron chi connectivity index (χ4n) is 2.89. The summed E-state index contributed by atoms with van der Waals surface area (Å²) < 4.78 is 0. The molecule has 1 fully saturated rings. The van der Waals surface area contributed by atoms with E-state index in [1.165, 1.54) is 24.8 Å². The second-order valence-corrected chi connectivity index (χ2v) is 6.23. The Balaban J connectivity index is 1.38. The van der Waals surface area contributed by atoms with E-state index in [0.717, 1.165) is 49.9 Å². The molecule has 3 heterocycles. The summed E-state index contributed by atoms with van der Waals surface area (Å²) in [4.78, 5) is 15.4. The molecule has 6 heteroatoms. The predicted octanol–water partition coefficient (Wildman–Crippen LogP) is 2.37. The normalized spacial score (nSPS) is 14.6. The van der Waals surface area contributed by atoms with Gasteiger partial charge in [0.1, 0.15) is 0 Å². The number of anilines is 2. The van der Waals surface area contributed by atoms with E-state index >= 15 is 0 Å². The highest BCUT2D eigenvalue weighted by Gasteiger charge is 2.12. The van der Waals surface area contributed by atoms with Gasteiger partial charge in [-0.2, -0.15) is 0 Å². The van der Waals surface area contributed by atoms with Crippen molar-refractivity contribution in [1.82, 2.24) is 20.3 Å². The molecule has 0 aromatic carbocycles. The third-order valence-corrected chi connectivity index (χ3v) is 4.30. The minimum Gasteiger partial charge on any atom is -0.383 e. The first-order valence-electron chi connectivity index (χ1n) is 8.74. The second kappa shape index (κ2) is 8.59. The molecule has 0 aliphatic carbocycles. The number of hydrogen-bond donors (Lipinski definition) is 2. The zero-order valence-corrected chi connectivity index (χ0v) is 14.3. The summed E-state index contributed by atoms with van der Waals surface area (Å²) in [5, 5.41) is 6.83. The molecule has 0 saturated carbocycles. The summed E-state index contributed by atoms with van der Waals surface area (Å²) in [5.74, 6) is 0.869. The summed E-state index contributed by atoms with van der Waals surface area (Å²) in [5.41, 5.74) is 3.43. The number of nitrogens with zero attached hydrogens (tertiary/aromatic N) is 4. The number of aromatic nitrogens is 3. The molecular formula is C18H26N6. The summed E-state index contributed by atoms with van der Waals surface area (Å²) in [6.07, 6.45) is 11.4. The molecule has 128 valence electrons. The Kier molecular flexibility index (Phi) is 5.96. The van der Waals surface area contributed by atoms with Crippen molar-refractivity contribution in [2.75, 3.05) is 36.4 Å². The quantitative estimate of drug-likeness (QED) is 0.762. The summed E-state index contributed by atoms with van der Waals surface area (Å²) >= 11 is 0. The highest BCUT2D eigenvalue weighted by Crippen LogP contribution is 2.15. The Morgan fingerprint density at radius 1 is 1.04 bits per heavy atom. The third kappa shape index (κ3) is 4.64. The molecule has 0 amide bonds. The van der Waals surface area contributed by atoms with Gasteiger partial charge in [-0.25, -0.2) is 9.97 Å². The summed E-state index contributed by atoms with van der Waals surface area (Å²) in [7, 11) is 0. The van der Waals surface area contributed by atoms with Crippen LogP contribution in [0.15, 0.2) is 30.9 Å². The maximum Gasteiger partial charge on any atom is 0.225 e. The Bertz CT molecular complexity index is 622. The lowest BCUT2D eigenvalue weighted by Crippen LogP contribution is -2.31. The Morgan fingerprint density at radius 3 is 2.58 bits per heavy atom. The van der Waals surface area contributed by atoms with Crippen molar-refractivity contribution in [2.24, 2.45) is 0 Å². The van der Waals surface area contributed by atoms with Crippen molar-refractivity contribution >= 4 is 11.6 Å². The van der Waals surface area contributed by atoms with Crippen LogP contribution in [0, 0.1) is 6.92 Å². The van der Waals surface area contributed by atoms with Gasteiger partial charge in [-0.3, -0.25) is 4.98 Å². The molecule has 1 saturated heterocycles. The van der Waals surface area contributed by atoms with Crippen molar-refractivity contribution in [2.45, 2.75) is 32.7 Å². The molecule has 1 aliphatic heterocycles. The smallest absolute Gasteiger partial charge is 0.225 e. The zero-order chi connectivity index (χ0) is 16.6. The fourth-order valence-corrected chi connectivity index (χ4v) is 2.89. The lowest BCUT2D eigenvalue weighted by Gasteiger charge is -2.26. The van der Waals surface area contributed by atoms with Crippen LogP contribution >= 0.6 is 0 Å². The van der Waals surface area contributed by atoms with Crippen LogP contribution in [0.3, 0.4) is 0 Å². The van der Waals surface area contributed by atoms with Gasteiger partial charge in [-0.05, 0) is 37.8 Å². The Labute approximate surface area is 143 Å². The van der Waals surface area contributed by atoms with E-state index < -0.39 is 0 Å². The summed E-state index contributed by atoms with van der Waals surface area (Å²) in [6, 6.07) is 2.00. The van der Waals surface area contributed by atoms with Crippen LogP contribution in [-0.4, -0.2) is 41.1 Å². The molecule has 24 heavy (non-hydrogen) atoms. The van der Waals surface area contributed by atoms with Gasteiger partial charge in [-0.15, -0.1) is 0 Å². The monoisotopic (exact) mass is 326 g/mol. The van der Waals surface area contributed by atoms with Crippen LogP contribution in [-0.2, 0) is 6.54 Å². The number of piperidine rings is 1. The van der Waals surface area contributed by atoms with E-state index in [1.54, 1.807) is 0 Å². The minimum absolute atomic E-state index is 0.789. The number of nitrogens with one attached hydrogen (secondary N) is 2. The highest BCUT2D eigenvalue weighted by atomic mass is 15.2. The molecule has 2 aromatic rings. The molecule has 2 N–H and O–H groups in total. The van der Waals surface area contributed by atoms with Gasteiger partial charge in [0.25, 0.3) is 0 Å². The van der Waals surface area contributed by atoms with Crippen LogP contribution in [0.2, 0.25) is 0 Å². The molecule has 0 unspecified atom stereocenters. The van der Waals surface area contributed by atoms with Gasteiger partial charge < -0.3 is 15.5 Å². The Hall–Kier alpha value is -2.21. The van der Waals surface area contributed by atoms with E-state index in [9.17, 15) is 0 Å². The molecular weight excluding hydrogens is 300 g/mol. The van der Waals surface area contributed by atoms with Gasteiger partial charge in [-0.1, -0.05) is 0 Å². The lowest BCUT2D eigenvalue weighted by molar-refractivity contribution is 0.567. The van der Waals surface area contributed by atoms with Crippen molar-refractivity contribution in [3.8, 4) is 0 Å². The van der Waals surface area contributed by atoms with Gasteiger partial charge in [0.05, 0.1) is 0 Å². The molecule has 6 nitrogen and oxygen atoms in total. The van der Waals surface area contributed by atoms with Crippen molar-refractivity contribution in [1.29, 1.82) is 0 Å². The van der Waals surface area contributed by atoms with Crippen LogP contribution in [0.25, 0.3) is 0 Å². The van der Waals surface area contributed by atoms with Crippen molar-refractivity contribution < 1.29 is 0 Å². The van der Waals surface area contributed by atoms with E-state index in [0.29, 0.717) is 0 Å². The topological polar surface area (TPSA) is 66.0 Å². The SMILES string of the molecule is Cc1cnccc1NCCNCc1cnc(N2CCCCC2)nc1. The largest absolute Gasteiger partial charge is 0.383 e. The first-order chi connectivity index (χ1) is 11.8. The molecule has 2 aromatic heterocycles. The average molecular weight is 326 g/mol. The number of pyridine rings is 1. The minimum atomic E-state index is 0.789. The lowest BCUT2D eigenvalue weighted by atomic mass is 10.1. The highest BCUT2D eigenvalue weighted by molar-refractivity contribution is 5.48. The van der Waals surface area contributed by atoms with Gasteiger partial charge in [0.2, 0.25) is 5.95 Å². The maximum absolute atomic E-state index is 4.51. The van der Waals surface area contributed by atoms with E-state index in [1.807, 2.05) is 30.9 Å². The average Bonchev–Trinajstić information content (AvgIpc) is 2.64. The van der Waals surface area contributed by atoms with Crippen molar-refractivity contribution in [3.05, 3.63) is 42.0 Å². The molecule has 1 aliphatic rings. The van der Waals surface area contributed by atoms with Crippen LogP contribution in [0.1, 0.15) is 30.4 Å². The van der Waals surface area contributed by atoms with Crippen LogP contribution < -0.4 is 15.5 Å².